The van der Waals surface area contributed by atoms with E-state index in [4.69, 9.17) is 0 Å². The second kappa shape index (κ2) is 12.9. The van der Waals surface area contributed by atoms with E-state index in [1.807, 2.05) is 0 Å². The van der Waals surface area contributed by atoms with Crippen LogP contribution in [-0.4, -0.2) is 92.8 Å². The molecule has 23 heteroatoms. The van der Waals surface area contributed by atoms with Gasteiger partial charge in [0.05, 0.1) is 0 Å². The maximum atomic E-state index is 15.0. The number of hydrogen-bond acceptors (Lipinski definition) is 1. The number of alkyl halides is 21. The fourth-order valence-corrected chi connectivity index (χ4v) is 14.4. The second-order valence-electron chi connectivity index (χ2n) is 8.14. The van der Waals surface area contributed by atoms with Crippen LogP contribution < -0.4 is 0 Å². The maximum absolute atomic E-state index is 15.0. The van der Waals surface area contributed by atoms with Gasteiger partial charge in [-0.25, -0.2) is 0 Å². The Bertz CT molecular complexity index is 709. The molecule has 0 aromatic heterocycles. The Kier molecular flexibility index (Phi) is 12.7. The number of hydrogen-bond donors (Lipinski definition) is 0. The van der Waals surface area contributed by atoms with Crippen LogP contribution in [0.15, 0.2) is 0 Å². The van der Waals surface area contributed by atoms with Gasteiger partial charge in [-0.05, 0) is 0 Å². The quantitative estimate of drug-likeness (QED) is 0.0825. The molecule has 242 valence electrons. The molecule has 1 nitrogen and oxygen atoms in total. The number of unbranched alkanes of at least 4 members (excludes halogenated alkanes) is 2. The molecular formula is C17H17F21OSn. The summed E-state index contributed by atoms with van der Waals surface area (Å²) in [6.07, 6.45) is -19.3. The first-order valence-corrected chi connectivity index (χ1v) is 16.4. The molecule has 0 N–H and O–H groups in total. The molecule has 3 atom stereocenters. The zero-order chi connectivity index (χ0) is 32.5. The van der Waals surface area contributed by atoms with Crippen LogP contribution in [0.5, 0.6) is 0 Å². The molecule has 0 bridgehead atoms. The average Bonchev–Trinajstić information content (AvgIpc) is 2.82. The third-order valence-corrected chi connectivity index (χ3v) is 17.3. The molecule has 0 saturated heterocycles. The van der Waals surface area contributed by atoms with Gasteiger partial charge >= 0.3 is 214 Å². The van der Waals surface area contributed by atoms with Crippen LogP contribution in [0.1, 0.15) is 26.2 Å². The van der Waals surface area contributed by atoms with E-state index < -0.39 is 106 Å². The predicted octanol–water partition coefficient (Wildman–Crippen LogP) is 8.38. The van der Waals surface area contributed by atoms with Crippen molar-refractivity contribution in [3.05, 3.63) is 0 Å². The topological polar surface area (TPSA) is 9.23 Å². The van der Waals surface area contributed by atoms with Gasteiger partial charge in [-0.3, -0.25) is 0 Å². The third-order valence-electron chi connectivity index (χ3n) is 5.40. The second-order valence-corrected chi connectivity index (χ2v) is 18.2. The van der Waals surface area contributed by atoms with Crippen molar-refractivity contribution in [1.82, 2.24) is 0 Å². The molecule has 0 saturated carbocycles. The first-order valence-electron chi connectivity index (χ1n) is 10.3. The molecule has 40 heavy (non-hydrogen) atoms. The molecule has 0 aromatic carbocycles. The Morgan fingerprint density at radius 2 is 0.700 bits per heavy atom. The third kappa shape index (κ3) is 6.44. The SMILES string of the molecule is CCCCC[O][Sn]([CH](F)C(F)(F)C(F)(F)C(F)F)([CH](F)C(F)(F)C(F)(F)C(F)F)[CH](F)C(F)(F)C(F)(F)C(F)F. The van der Waals surface area contributed by atoms with Crippen molar-refractivity contribution in [2.45, 2.75) is 93.6 Å². The summed E-state index contributed by atoms with van der Waals surface area (Å²) in [7, 11) is 0. The Labute approximate surface area is 214 Å². The van der Waals surface area contributed by atoms with Crippen LogP contribution in [0.2, 0.25) is 0 Å². The summed E-state index contributed by atoms with van der Waals surface area (Å²) in [5, 5.41) is 0. The van der Waals surface area contributed by atoms with Gasteiger partial charge in [-0.15, -0.1) is 0 Å². The Hall–Kier alpha value is -0.711. The Morgan fingerprint density at radius 3 is 0.900 bits per heavy atom. The summed E-state index contributed by atoms with van der Waals surface area (Å²) >= 11 is -10.4. The Morgan fingerprint density at radius 1 is 0.450 bits per heavy atom. The number of halogens is 21. The summed E-state index contributed by atoms with van der Waals surface area (Å²) in [4.78, 5) is 0. The van der Waals surface area contributed by atoms with E-state index in [1.165, 1.54) is 6.92 Å². The first-order chi connectivity index (χ1) is 17.6. The van der Waals surface area contributed by atoms with Gasteiger partial charge in [0.15, 0.2) is 0 Å². The van der Waals surface area contributed by atoms with Gasteiger partial charge in [0.25, 0.3) is 0 Å². The van der Waals surface area contributed by atoms with Gasteiger partial charge in [0.1, 0.15) is 0 Å². The van der Waals surface area contributed by atoms with E-state index in [2.05, 4.69) is 3.07 Å². The fourth-order valence-electron chi connectivity index (χ4n) is 3.00. The van der Waals surface area contributed by atoms with Crippen molar-refractivity contribution in [3.8, 4) is 0 Å². The van der Waals surface area contributed by atoms with E-state index in [0.717, 1.165) is 0 Å². The molecule has 0 aliphatic rings. The molecule has 0 aliphatic heterocycles. The standard InChI is InChI=1S/C5H11O.3C4H2F7.Sn/c1-2-3-4-5-6;3*5-1-3(8,9)4(10,11)2(6)7;/h2-5H2,1H3;3*1-2H;/q-1;;;;+1. The van der Waals surface area contributed by atoms with E-state index >= 15 is 0 Å². The van der Waals surface area contributed by atoms with E-state index in [9.17, 15) is 92.2 Å². The van der Waals surface area contributed by atoms with Crippen LogP contribution in [0.4, 0.5) is 92.2 Å². The van der Waals surface area contributed by atoms with Gasteiger partial charge in [0.2, 0.25) is 0 Å². The number of rotatable bonds is 17. The van der Waals surface area contributed by atoms with Crippen LogP contribution in [0.3, 0.4) is 0 Å². The van der Waals surface area contributed by atoms with E-state index in [-0.39, 0.29) is 6.42 Å². The zero-order valence-electron chi connectivity index (χ0n) is 19.1. The van der Waals surface area contributed by atoms with Crippen molar-refractivity contribution >= 4 is 18.8 Å². The minimum atomic E-state index is -10.4. The van der Waals surface area contributed by atoms with Gasteiger partial charge < -0.3 is 0 Å². The Balaban J connectivity index is 7.90. The molecule has 0 fully saturated rings. The van der Waals surface area contributed by atoms with Crippen molar-refractivity contribution in [2.24, 2.45) is 0 Å². The molecule has 0 rings (SSSR count). The summed E-state index contributed by atoms with van der Waals surface area (Å²) in [5.74, 6) is -44.8. The monoisotopic (exact) mass is 756 g/mol. The molecule has 3 unspecified atom stereocenters. The van der Waals surface area contributed by atoms with Crippen LogP contribution >= 0.6 is 0 Å². The van der Waals surface area contributed by atoms with Crippen LogP contribution in [0.25, 0.3) is 0 Å². The summed E-state index contributed by atoms with van der Waals surface area (Å²) in [6.45, 7) is -0.884. The van der Waals surface area contributed by atoms with E-state index in [0.29, 0.717) is 0 Å². The van der Waals surface area contributed by atoms with Gasteiger partial charge in [-0.1, -0.05) is 0 Å². The van der Waals surface area contributed by atoms with Crippen LogP contribution in [-0.2, 0) is 3.07 Å². The first kappa shape index (κ1) is 39.3. The molecule has 0 aliphatic carbocycles. The van der Waals surface area contributed by atoms with Crippen molar-refractivity contribution in [1.29, 1.82) is 0 Å². The fraction of sp³-hybridized carbons (Fsp3) is 1.00. The molecular weight excluding hydrogens is 738 g/mol. The minimum absolute atomic E-state index is 0.137. The van der Waals surface area contributed by atoms with Gasteiger partial charge in [-0.2, -0.15) is 0 Å². The van der Waals surface area contributed by atoms with Crippen molar-refractivity contribution in [3.63, 3.8) is 0 Å². The predicted molar refractivity (Wildman–Crippen MR) is 93.6 cm³/mol. The summed E-state index contributed by atoms with van der Waals surface area (Å²) < 4.78 is 271. The van der Waals surface area contributed by atoms with Crippen molar-refractivity contribution in [2.75, 3.05) is 6.61 Å². The molecule has 0 spiro atoms. The van der Waals surface area contributed by atoms with Gasteiger partial charge in [0, 0.05) is 0 Å². The molecule has 0 aromatic rings. The normalized spacial score (nSPS) is 18.8. The zero-order valence-corrected chi connectivity index (χ0v) is 22.0. The van der Waals surface area contributed by atoms with E-state index in [1.54, 1.807) is 0 Å². The summed E-state index contributed by atoms with van der Waals surface area (Å²) in [5.41, 5.74) is 0. The molecule has 0 heterocycles. The molecule has 0 radical (unpaired) electrons. The van der Waals surface area contributed by atoms with Crippen LogP contribution in [0, 0.1) is 0 Å². The summed E-state index contributed by atoms with van der Waals surface area (Å²) in [6, 6.07) is 0. The van der Waals surface area contributed by atoms with Crippen molar-refractivity contribution < 1.29 is 95.3 Å². The molecule has 0 amide bonds. The average molecular weight is 755 g/mol.